The van der Waals surface area contributed by atoms with Gasteiger partial charge in [0.25, 0.3) is 5.91 Å². The van der Waals surface area contributed by atoms with E-state index in [2.05, 4.69) is 0 Å². The first-order chi connectivity index (χ1) is 15.9. The van der Waals surface area contributed by atoms with E-state index in [1.807, 2.05) is 61.5 Å². The third-order valence-electron chi connectivity index (χ3n) is 6.37. The summed E-state index contributed by atoms with van der Waals surface area (Å²) in [6, 6.07) is 17.1. The zero-order valence-corrected chi connectivity index (χ0v) is 18.7. The van der Waals surface area contributed by atoms with Gasteiger partial charge in [0.1, 0.15) is 6.54 Å². The van der Waals surface area contributed by atoms with Crippen LogP contribution in [0.15, 0.2) is 54.6 Å². The van der Waals surface area contributed by atoms with Crippen molar-refractivity contribution in [1.82, 2.24) is 4.90 Å². The normalized spacial score (nSPS) is 19.8. The van der Waals surface area contributed by atoms with Crippen LogP contribution in [0.25, 0.3) is 0 Å². The number of esters is 1. The molecule has 2 unspecified atom stereocenters. The van der Waals surface area contributed by atoms with Gasteiger partial charge in [0, 0.05) is 5.69 Å². The molecule has 0 radical (unpaired) electrons. The lowest BCUT2D eigenvalue weighted by atomic mass is 9.81. The van der Waals surface area contributed by atoms with E-state index < -0.39 is 19.1 Å². The Hall–Kier alpha value is -3.48. The van der Waals surface area contributed by atoms with Crippen molar-refractivity contribution in [3.63, 3.8) is 0 Å². The van der Waals surface area contributed by atoms with Crippen molar-refractivity contribution in [2.24, 2.45) is 11.8 Å². The van der Waals surface area contributed by atoms with Crippen LogP contribution in [0.5, 0.6) is 0 Å². The number of likely N-dealkylation sites (tertiary alicyclic amines) is 1. The van der Waals surface area contributed by atoms with E-state index in [-0.39, 0.29) is 29.6 Å². The summed E-state index contributed by atoms with van der Waals surface area (Å²) < 4.78 is 5.21. The first-order valence-corrected chi connectivity index (χ1v) is 11.4. The highest BCUT2D eigenvalue weighted by Crippen LogP contribution is 2.37. The highest BCUT2D eigenvalue weighted by atomic mass is 16.5. The lowest BCUT2D eigenvalue weighted by molar-refractivity contribution is -0.154. The van der Waals surface area contributed by atoms with Gasteiger partial charge in [-0.2, -0.15) is 0 Å². The zero-order chi connectivity index (χ0) is 23.4. The number of carbonyl (C=O) groups excluding carboxylic acids is 4. The molecule has 1 saturated carbocycles. The number of amides is 3. The minimum absolute atomic E-state index is 0.293. The summed E-state index contributed by atoms with van der Waals surface area (Å²) in [5, 5.41) is 0. The summed E-state index contributed by atoms with van der Waals surface area (Å²) >= 11 is 0. The summed E-state index contributed by atoms with van der Waals surface area (Å²) in [5.74, 6) is -2.36. The molecule has 0 N–H and O–H groups in total. The Bertz CT molecular complexity index is 1030. The first-order valence-electron chi connectivity index (χ1n) is 11.4. The Balaban J connectivity index is 1.40. The van der Waals surface area contributed by atoms with Crippen molar-refractivity contribution in [1.29, 1.82) is 0 Å². The molecule has 7 nitrogen and oxygen atoms in total. The van der Waals surface area contributed by atoms with Gasteiger partial charge in [0.2, 0.25) is 11.8 Å². The largest absolute Gasteiger partial charge is 0.454 e. The number of hydrogen-bond donors (Lipinski definition) is 0. The molecular formula is C26H28N2O5. The monoisotopic (exact) mass is 448 g/mol. The molecule has 2 atom stereocenters. The number of nitrogens with zero attached hydrogens (tertiary/aromatic N) is 2. The second-order valence-corrected chi connectivity index (χ2v) is 8.73. The highest BCUT2D eigenvalue weighted by Gasteiger charge is 2.48. The van der Waals surface area contributed by atoms with Crippen molar-refractivity contribution in [3.05, 3.63) is 65.7 Å². The standard InChI is InChI=1S/C26H28N2O5/c1-18-8-7-11-20(14-18)27(15-19-9-3-2-4-10-19)23(29)17-33-24(30)16-28-25(31)21-12-5-6-13-22(21)26(28)32/h2-4,7-11,14,21-22H,5-6,12-13,15-17H2,1H3. The van der Waals surface area contributed by atoms with Crippen molar-refractivity contribution >= 4 is 29.4 Å². The second kappa shape index (κ2) is 9.98. The molecule has 33 heavy (non-hydrogen) atoms. The molecule has 3 amide bonds. The number of benzene rings is 2. The van der Waals surface area contributed by atoms with Crippen LogP contribution in [0.4, 0.5) is 5.69 Å². The Morgan fingerprint density at radius 3 is 2.27 bits per heavy atom. The molecule has 2 aromatic rings. The fourth-order valence-electron chi connectivity index (χ4n) is 4.67. The molecular weight excluding hydrogens is 420 g/mol. The van der Waals surface area contributed by atoms with E-state index in [1.54, 1.807) is 4.90 Å². The predicted octanol–water partition coefficient (Wildman–Crippen LogP) is 3.25. The average Bonchev–Trinajstić information content (AvgIpc) is 3.06. The van der Waals surface area contributed by atoms with Gasteiger partial charge >= 0.3 is 5.97 Å². The van der Waals surface area contributed by atoms with Gasteiger partial charge in [-0.25, -0.2) is 0 Å². The predicted molar refractivity (Wildman–Crippen MR) is 122 cm³/mol. The van der Waals surface area contributed by atoms with Crippen LogP contribution in [0.2, 0.25) is 0 Å². The van der Waals surface area contributed by atoms with E-state index in [4.69, 9.17) is 4.74 Å². The Morgan fingerprint density at radius 2 is 1.64 bits per heavy atom. The summed E-state index contributed by atoms with van der Waals surface area (Å²) in [5.41, 5.74) is 2.64. The molecule has 2 aromatic carbocycles. The fraction of sp³-hybridized carbons (Fsp3) is 0.385. The maximum absolute atomic E-state index is 13.0. The average molecular weight is 449 g/mol. The van der Waals surface area contributed by atoms with Crippen LogP contribution in [-0.2, 0) is 30.5 Å². The van der Waals surface area contributed by atoms with Crippen molar-refractivity contribution in [2.75, 3.05) is 18.1 Å². The van der Waals surface area contributed by atoms with Crippen LogP contribution in [0, 0.1) is 18.8 Å². The molecule has 0 bridgehead atoms. The summed E-state index contributed by atoms with van der Waals surface area (Å²) in [6.45, 7) is 1.35. The SMILES string of the molecule is Cc1cccc(N(Cc2ccccc2)C(=O)COC(=O)CN2C(=O)C3CCCCC3C2=O)c1. The van der Waals surface area contributed by atoms with Crippen molar-refractivity contribution in [2.45, 2.75) is 39.2 Å². The molecule has 1 saturated heterocycles. The van der Waals surface area contributed by atoms with Gasteiger partial charge in [-0.15, -0.1) is 0 Å². The van der Waals surface area contributed by atoms with Gasteiger partial charge in [-0.05, 0) is 43.0 Å². The Kier molecular flexibility index (Phi) is 6.87. The molecule has 4 rings (SSSR count). The molecule has 0 spiro atoms. The third-order valence-corrected chi connectivity index (χ3v) is 6.37. The van der Waals surface area contributed by atoms with Crippen LogP contribution in [-0.4, -0.2) is 41.7 Å². The number of rotatable bonds is 7. The number of fused-ring (bicyclic) bond motifs is 1. The van der Waals surface area contributed by atoms with Crippen LogP contribution in [0.1, 0.15) is 36.8 Å². The van der Waals surface area contributed by atoms with Crippen LogP contribution < -0.4 is 4.90 Å². The minimum Gasteiger partial charge on any atom is -0.454 e. The third kappa shape index (κ3) is 5.13. The number of hydrogen-bond acceptors (Lipinski definition) is 5. The van der Waals surface area contributed by atoms with Gasteiger partial charge in [-0.3, -0.25) is 24.1 Å². The number of carbonyl (C=O) groups is 4. The highest BCUT2D eigenvalue weighted by molar-refractivity contribution is 6.07. The quantitative estimate of drug-likeness (QED) is 0.480. The topological polar surface area (TPSA) is 84.0 Å². The van der Waals surface area contributed by atoms with Crippen LogP contribution in [0.3, 0.4) is 0 Å². The second-order valence-electron chi connectivity index (χ2n) is 8.73. The van der Waals surface area contributed by atoms with Crippen LogP contribution >= 0.6 is 0 Å². The number of anilines is 1. The lowest BCUT2D eigenvalue weighted by Crippen LogP contribution is -2.39. The van der Waals surface area contributed by atoms with Gasteiger partial charge in [0.15, 0.2) is 6.61 Å². The van der Waals surface area contributed by atoms with Gasteiger partial charge < -0.3 is 9.64 Å². The molecule has 2 fully saturated rings. The molecule has 7 heteroatoms. The van der Waals surface area contributed by atoms with Crippen molar-refractivity contribution in [3.8, 4) is 0 Å². The number of imide groups is 1. The zero-order valence-electron chi connectivity index (χ0n) is 18.7. The Labute approximate surface area is 193 Å². The number of aryl methyl sites for hydroxylation is 1. The molecule has 1 heterocycles. The summed E-state index contributed by atoms with van der Waals surface area (Å²) in [4.78, 5) is 53.2. The number of ether oxygens (including phenoxy) is 1. The molecule has 0 aromatic heterocycles. The van der Waals surface area contributed by atoms with Gasteiger partial charge in [0.05, 0.1) is 18.4 Å². The van der Waals surface area contributed by atoms with Gasteiger partial charge in [-0.1, -0.05) is 55.3 Å². The fourth-order valence-corrected chi connectivity index (χ4v) is 4.67. The Morgan fingerprint density at radius 1 is 0.970 bits per heavy atom. The van der Waals surface area contributed by atoms with Crippen molar-refractivity contribution < 1.29 is 23.9 Å². The van der Waals surface area contributed by atoms with E-state index >= 15 is 0 Å². The lowest BCUT2D eigenvalue weighted by Gasteiger charge is -2.23. The molecule has 1 aliphatic heterocycles. The molecule has 1 aliphatic carbocycles. The molecule has 2 aliphatic rings. The van der Waals surface area contributed by atoms with E-state index in [9.17, 15) is 19.2 Å². The van der Waals surface area contributed by atoms with E-state index in [0.29, 0.717) is 25.1 Å². The maximum atomic E-state index is 13.0. The van der Waals surface area contributed by atoms with E-state index in [1.165, 1.54) is 0 Å². The summed E-state index contributed by atoms with van der Waals surface area (Å²) in [7, 11) is 0. The molecule has 172 valence electrons. The van der Waals surface area contributed by atoms with E-state index in [0.717, 1.165) is 28.9 Å². The first kappa shape index (κ1) is 22.7. The minimum atomic E-state index is -0.757. The summed E-state index contributed by atoms with van der Waals surface area (Å²) in [6.07, 6.45) is 3.21. The smallest absolute Gasteiger partial charge is 0.326 e. The maximum Gasteiger partial charge on any atom is 0.326 e.